The number of rotatable bonds is 1. The van der Waals surface area contributed by atoms with E-state index < -0.39 is 0 Å². The van der Waals surface area contributed by atoms with Gasteiger partial charge in [-0.2, -0.15) is 0 Å². The van der Waals surface area contributed by atoms with E-state index in [1.54, 1.807) is 4.57 Å². The number of fused-ring (bicyclic) bond motifs is 5. The van der Waals surface area contributed by atoms with Gasteiger partial charge >= 0.3 is 5.97 Å². The minimum atomic E-state index is -0.298. The number of aromatic nitrogens is 2. The summed E-state index contributed by atoms with van der Waals surface area (Å²) in [4.78, 5) is 29.1. The van der Waals surface area contributed by atoms with Gasteiger partial charge in [-0.15, -0.1) is 0 Å². The van der Waals surface area contributed by atoms with Gasteiger partial charge in [0, 0.05) is 10.9 Å². The number of pyridine rings is 2. The molecule has 25 heavy (non-hydrogen) atoms. The van der Waals surface area contributed by atoms with Gasteiger partial charge in [0.25, 0.3) is 5.56 Å². The number of carbonyl (C=O) groups is 1. The maximum absolute atomic E-state index is 12.8. The summed E-state index contributed by atoms with van der Waals surface area (Å²) in [5.41, 5.74) is 4.62. The quantitative estimate of drug-likeness (QED) is 0.332. The summed E-state index contributed by atoms with van der Waals surface area (Å²) >= 11 is 1.85. The Hall–Kier alpha value is -2.42. The molecule has 0 saturated heterocycles. The van der Waals surface area contributed by atoms with Crippen LogP contribution in [0.25, 0.3) is 22.3 Å². The van der Waals surface area contributed by atoms with Crippen LogP contribution in [0.5, 0.6) is 5.75 Å². The third-order valence-corrected chi connectivity index (χ3v) is 5.24. The monoisotopic (exact) mass is 446 g/mol. The normalized spacial score (nSPS) is 14.7. The van der Waals surface area contributed by atoms with Gasteiger partial charge in [0.05, 0.1) is 35.4 Å². The van der Waals surface area contributed by atoms with Crippen molar-refractivity contribution in [3.63, 3.8) is 0 Å². The molecule has 0 bridgehead atoms. The zero-order valence-corrected chi connectivity index (χ0v) is 15.1. The lowest BCUT2D eigenvalue weighted by Crippen LogP contribution is -2.29. The van der Waals surface area contributed by atoms with Crippen LogP contribution in [-0.2, 0) is 29.1 Å². The number of halogens is 1. The summed E-state index contributed by atoms with van der Waals surface area (Å²) in [6, 6.07) is 9.64. The summed E-state index contributed by atoms with van der Waals surface area (Å²) in [6.45, 7) is 0.526. The van der Waals surface area contributed by atoms with Crippen molar-refractivity contribution in [3.8, 4) is 17.1 Å². The van der Waals surface area contributed by atoms with Gasteiger partial charge in [0.15, 0.2) is 23.0 Å². The van der Waals surface area contributed by atoms with E-state index in [1.807, 2.05) is 53.3 Å². The molecule has 0 spiro atoms. The number of benzene rings is 1. The second kappa shape index (κ2) is 5.29. The Morgan fingerprint density at radius 1 is 1.16 bits per heavy atom. The summed E-state index contributed by atoms with van der Waals surface area (Å²) in [5, 5.41) is 0.969. The minimum Gasteiger partial charge on any atom is -0.460 e. The SMILES string of the molecule is O=C1Cc2cc3n(c(=O)c2CO1)Cc1cc2cc(OI)ccc2nc1-3. The van der Waals surface area contributed by atoms with E-state index in [4.69, 9.17) is 12.8 Å². The Morgan fingerprint density at radius 2 is 2.04 bits per heavy atom. The van der Waals surface area contributed by atoms with Crippen LogP contribution >= 0.6 is 23.0 Å². The third kappa shape index (κ3) is 2.18. The number of hydrogen-bond acceptors (Lipinski definition) is 5. The molecule has 0 unspecified atom stereocenters. The van der Waals surface area contributed by atoms with Crippen LogP contribution in [0.3, 0.4) is 0 Å². The molecule has 0 aliphatic carbocycles. The van der Waals surface area contributed by atoms with Crippen molar-refractivity contribution in [1.29, 1.82) is 0 Å². The zero-order chi connectivity index (χ0) is 17.1. The molecule has 7 heteroatoms. The van der Waals surface area contributed by atoms with Crippen molar-refractivity contribution in [3.05, 3.63) is 57.4 Å². The Morgan fingerprint density at radius 3 is 2.88 bits per heavy atom. The van der Waals surface area contributed by atoms with E-state index in [2.05, 4.69) is 0 Å². The molecule has 124 valence electrons. The molecule has 0 fully saturated rings. The van der Waals surface area contributed by atoms with Crippen molar-refractivity contribution in [1.82, 2.24) is 9.55 Å². The van der Waals surface area contributed by atoms with Crippen LogP contribution in [0.1, 0.15) is 16.7 Å². The molecule has 2 aromatic heterocycles. The summed E-state index contributed by atoms with van der Waals surface area (Å²) in [6.07, 6.45) is 0.137. The Labute approximate surface area is 156 Å². The first-order chi connectivity index (χ1) is 12.1. The van der Waals surface area contributed by atoms with E-state index in [0.29, 0.717) is 12.1 Å². The van der Waals surface area contributed by atoms with Crippen molar-refractivity contribution in [2.75, 3.05) is 0 Å². The molecule has 5 rings (SSSR count). The van der Waals surface area contributed by atoms with Gasteiger partial charge in [-0.05, 0) is 35.9 Å². The fourth-order valence-electron chi connectivity index (χ4n) is 3.52. The first kappa shape index (κ1) is 14.9. The van der Waals surface area contributed by atoms with Crippen LogP contribution in [0.2, 0.25) is 0 Å². The van der Waals surface area contributed by atoms with E-state index in [0.717, 1.165) is 39.2 Å². The first-order valence-electron chi connectivity index (χ1n) is 7.78. The Balaban J connectivity index is 1.74. The average Bonchev–Trinajstić information content (AvgIpc) is 2.97. The Bertz CT molecular complexity index is 1140. The molecule has 2 aliphatic rings. The summed E-state index contributed by atoms with van der Waals surface area (Å²) in [7, 11) is 0. The molecule has 2 aliphatic heterocycles. The highest BCUT2D eigenvalue weighted by Gasteiger charge is 2.28. The number of ether oxygens (including phenoxy) is 1. The number of cyclic esters (lactones) is 1. The first-order valence-corrected chi connectivity index (χ1v) is 8.66. The molecule has 4 heterocycles. The average molecular weight is 446 g/mol. The summed E-state index contributed by atoms with van der Waals surface area (Å²) < 4.78 is 12.0. The van der Waals surface area contributed by atoms with Crippen LogP contribution in [0, 0.1) is 0 Å². The van der Waals surface area contributed by atoms with E-state index in [1.165, 1.54) is 0 Å². The van der Waals surface area contributed by atoms with E-state index in [-0.39, 0.29) is 24.6 Å². The second-order valence-corrected chi connectivity index (χ2v) is 6.63. The molecule has 0 amide bonds. The van der Waals surface area contributed by atoms with Gasteiger partial charge in [-0.1, -0.05) is 0 Å². The highest BCUT2D eigenvalue weighted by Crippen LogP contribution is 2.34. The largest absolute Gasteiger partial charge is 0.460 e. The molecule has 6 nitrogen and oxygen atoms in total. The van der Waals surface area contributed by atoms with Crippen LogP contribution in [-0.4, -0.2) is 15.5 Å². The van der Waals surface area contributed by atoms with E-state index in [9.17, 15) is 9.59 Å². The lowest BCUT2D eigenvalue weighted by atomic mass is 10.0. The van der Waals surface area contributed by atoms with Gasteiger partial charge in [-0.25, -0.2) is 4.98 Å². The smallest absolute Gasteiger partial charge is 0.310 e. The molecule has 3 aromatic rings. The summed E-state index contributed by atoms with van der Waals surface area (Å²) in [5.74, 6) is 0.460. The molecular formula is C18H11IN2O4. The zero-order valence-electron chi connectivity index (χ0n) is 12.9. The van der Waals surface area contributed by atoms with Gasteiger partial charge in [-0.3, -0.25) is 9.59 Å². The van der Waals surface area contributed by atoms with Crippen LogP contribution in [0.15, 0.2) is 35.1 Å². The second-order valence-electron chi connectivity index (χ2n) is 6.19. The van der Waals surface area contributed by atoms with Gasteiger partial charge < -0.3 is 12.4 Å². The van der Waals surface area contributed by atoms with Crippen LogP contribution < -0.4 is 8.63 Å². The Kier molecular flexibility index (Phi) is 3.15. The molecule has 0 N–H and O–H groups in total. The predicted octanol–water partition coefficient (Wildman–Crippen LogP) is 2.75. The van der Waals surface area contributed by atoms with E-state index >= 15 is 0 Å². The molecule has 0 atom stereocenters. The van der Waals surface area contributed by atoms with Crippen LogP contribution in [0.4, 0.5) is 0 Å². The lowest BCUT2D eigenvalue weighted by molar-refractivity contribution is -0.145. The predicted molar refractivity (Wildman–Crippen MR) is 98.7 cm³/mol. The maximum atomic E-state index is 12.8. The van der Waals surface area contributed by atoms with Crippen molar-refractivity contribution in [2.24, 2.45) is 0 Å². The highest BCUT2D eigenvalue weighted by molar-refractivity contribution is 14.1. The fourth-order valence-corrected chi connectivity index (χ4v) is 3.80. The van der Waals surface area contributed by atoms with Gasteiger partial charge in [0.1, 0.15) is 12.4 Å². The molecular weight excluding hydrogens is 435 g/mol. The molecule has 0 radical (unpaired) electrons. The van der Waals surface area contributed by atoms with Crippen molar-refractivity contribution < 1.29 is 12.6 Å². The minimum absolute atomic E-state index is 0.0510. The van der Waals surface area contributed by atoms with Crippen molar-refractivity contribution >= 4 is 39.9 Å². The number of nitrogens with zero attached hydrogens (tertiary/aromatic N) is 2. The third-order valence-electron chi connectivity index (χ3n) is 4.73. The van der Waals surface area contributed by atoms with Gasteiger partial charge in [0.2, 0.25) is 0 Å². The molecule has 0 saturated carbocycles. The maximum Gasteiger partial charge on any atom is 0.310 e. The molecule has 1 aromatic carbocycles. The topological polar surface area (TPSA) is 70.4 Å². The fraction of sp³-hybridized carbons (Fsp3) is 0.167. The van der Waals surface area contributed by atoms with Crippen molar-refractivity contribution in [2.45, 2.75) is 19.6 Å². The number of hydrogen-bond donors (Lipinski definition) is 0. The number of carbonyl (C=O) groups excluding carboxylic acids is 1. The highest BCUT2D eigenvalue weighted by atomic mass is 127. The lowest BCUT2D eigenvalue weighted by Gasteiger charge is -2.17. The standard InChI is InChI=1S/C18H11IN2O4/c19-25-12-1-2-14-10(4-12)3-11-7-21-15(17(11)20-14)5-9-6-16(22)24-8-13(9)18(21)23/h1-5H,6-8H2. The number of esters is 1.